The van der Waals surface area contributed by atoms with E-state index in [4.69, 9.17) is 14.6 Å². The van der Waals surface area contributed by atoms with Gasteiger partial charge in [-0.05, 0) is 38.8 Å². The van der Waals surface area contributed by atoms with Crippen molar-refractivity contribution in [3.8, 4) is 0 Å². The standard InChI is InChI=1S/C21H24F2N4O4/c1-4-27(8-7-26(2)3)11-13-5-6-16(30-13)21(29)25-17-14-9-12(22)10-15(23)18(14)31-19(17)20(24)28/h5-6,9-10H,4,7-8,11H2,1-3H3,(H2,24,28)(H,25,29). The molecule has 166 valence electrons. The maximum atomic E-state index is 14.0. The molecule has 3 aromatic rings. The zero-order valence-electron chi connectivity index (χ0n) is 17.5. The SMILES string of the molecule is CCN(CCN(C)C)Cc1ccc(C(=O)Nc2c(C(N)=O)oc3c(F)cc(F)cc23)o1. The smallest absolute Gasteiger partial charge is 0.291 e. The van der Waals surface area contributed by atoms with Crippen LogP contribution in [0.5, 0.6) is 0 Å². The quantitative estimate of drug-likeness (QED) is 0.536. The summed E-state index contributed by atoms with van der Waals surface area (Å²) in [5.41, 5.74) is 4.67. The van der Waals surface area contributed by atoms with Crippen LogP contribution in [0.3, 0.4) is 0 Å². The summed E-state index contributed by atoms with van der Waals surface area (Å²) in [6, 6.07) is 4.71. The van der Waals surface area contributed by atoms with E-state index in [1.54, 1.807) is 6.07 Å². The second kappa shape index (κ2) is 9.27. The van der Waals surface area contributed by atoms with Crippen molar-refractivity contribution in [2.24, 2.45) is 5.73 Å². The molecule has 2 amide bonds. The lowest BCUT2D eigenvalue weighted by Gasteiger charge is -2.21. The monoisotopic (exact) mass is 434 g/mol. The highest BCUT2D eigenvalue weighted by Gasteiger charge is 2.25. The van der Waals surface area contributed by atoms with Gasteiger partial charge in [-0.2, -0.15) is 0 Å². The Balaban J connectivity index is 1.82. The number of likely N-dealkylation sites (N-methyl/N-ethyl adjacent to an activating group) is 2. The number of carbonyl (C=O) groups excluding carboxylic acids is 2. The number of fused-ring (bicyclic) bond motifs is 1. The number of nitrogens with one attached hydrogen (secondary N) is 1. The Bertz CT molecular complexity index is 1110. The van der Waals surface area contributed by atoms with Gasteiger partial charge in [0.15, 0.2) is 17.2 Å². The van der Waals surface area contributed by atoms with Gasteiger partial charge in [0, 0.05) is 19.2 Å². The van der Waals surface area contributed by atoms with Crippen LogP contribution in [0.25, 0.3) is 11.0 Å². The molecule has 1 aromatic carbocycles. The summed E-state index contributed by atoms with van der Waals surface area (Å²) in [5.74, 6) is -3.59. The van der Waals surface area contributed by atoms with E-state index in [0.29, 0.717) is 18.4 Å². The topological polar surface area (TPSA) is 105 Å². The molecule has 8 nitrogen and oxygen atoms in total. The molecule has 0 bridgehead atoms. The third-order valence-corrected chi connectivity index (χ3v) is 4.75. The number of furan rings is 2. The van der Waals surface area contributed by atoms with Gasteiger partial charge in [0.2, 0.25) is 5.76 Å². The van der Waals surface area contributed by atoms with Gasteiger partial charge in [-0.3, -0.25) is 14.5 Å². The van der Waals surface area contributed by atoms with Crippen molar-refractivity contribution in [3.05, 3.63) is 53.2 Å². The van der Waals surface area contributed by atoms with E-state index < -0.39 is 29.2 Å². The van der Waals surface area contributed by atoms with Crippen molar-refractivity contribution < 1.29 is 27.2 Å². The molecule has 10 heteroatoms. The number of nitrogens with two attached hydrogens (primary N) is 1. The van der Waals surface area contributed by atoms with Gasteiger partial charge in [0.25, 0.3) is 11.8 Å². The molecule has 0 radical (unpaired) electrons. The fraction of sp³-hybridized carbons (Fsp3) is 0.333. The van der Waals surface area contributed by atoms with E-state index in [-0.39, 0.29) is 22.4 Å². The summed E-state index contributed by atoms with van der Waals surface area (Å²) in [4.78, 5) is 28.6. The van der Waals surface area contributed by atoms with E-state index in [0.717, 1.165) is 25.7 Å². The van der Waals surface area contributed by atoms with E-state index >= 15 is 0 Å². The van der Waals surface area contributed by atoms with Gasteiger partial charge >= 0.3 is 0 Å². The van der Waals surface area contributed by atoms with Crippen molar-refractivity contribution in [3.63, 3.8) is 0 Å². The molecule has 0 aliphatic carbocycles. The van der Waals surface area contributed by atoms with Crippen molar-refractivity contribution in [2.75, 3.05) is 39.0 Å². The van der Waals surface area contributed by atoms with Crippen LogP contribution in [-0.2, 0) is 6.54 Å². The maximum absolute atomic E-state index is 14.0. The van der Waals surface area contributed by atoms with Gasteiger partial charge in [-0.25, -0.2) is 8.78 Å². The Kier molecular flexibility index (Phi) is 6.71. The minimum absolute atomic E-state index is 0.0275. The third-order valence-electron chi connectivity index (χ3n) is 4.75. The van der Waals surface area contributed by atoms with Crippen LogP contribution in [0, 0.1) is 11.6 Å². The van der Waals surface area contributed by atoms with Gasteiger partial charge < -0.3 is 24.8 Å². The average molecular weight is 434 g/mol. The molecule has 0 atom stereocenters. The molecule has 2 aromatic heterocycles. The van der Waals surface area contributed by atoms with Crippen molar-refractivity contribution in [2.45, 2.75) is 13.5 Å². The number of amides is 2. The lowest BCUT2D eigenvalue weighted by molar-refractivity contribution is 0.0976. The summed E-state index contributed by atoms with van der Waals surface area (Å²) in [7, 11) is 3.97. The molecule has 0 spiro atoms. The van der Waals surface area contributed by atoms with Gasteiger partial charge in [-0.1, -0.05) is 6.92 Å². The van der Waals surface area contributed by atoms with Crippen LogP contribution >= 0.6 is 0 Å². The number of hydrogen-bond donors (Lipinski definition) is 2. The fourth-order valence-electron chi connectivity index (χ4n) is 3.09. The number of rotatable bonds is 9. The first-order valence-corrected chi connectivity index (χ1v) is 9.68. The number of benzene rings is 1. The van der Waals surface area contributed by atoms with E-state index in [2.05, 4.69) is 15.1 Å². The molecule has 0 aliphatic heterocycles. The number of hydrogen-bond acceptors (Lipinski definition) is 6. The van der Waals surface area contributed by atoms with Crippen LogP contribution in [0.1, 0.15) is 33.8 Å². The lowest BCUT2D eigenvalue weighted by Crippen LogP contribution is -2.31. The Morgan fingerprint density at radius 3 is 2.52 bits per heavy atom. The summed E-state index contributed by atoms with van der Waals surface area (Å²) in [6.07, 6.45) is 0. The third kappa shape index (κ3) is 5.09. The van der Waals surface area contributed by atoms with Crippen LogP contribution < -0.4 is 11.1 Å². The highest BCUT2D eigenvalue weighted by molar-refractivity contribution is 6.13. The summed E-state index contributed by atoms with van der Waals surface area (Å²) in [6.45, 7) is 5.04. The zero-order valence-corrected chi connectivity index (χ0v) is 17.5. The van der Waals surface area contributed by atoms with Crippen molar-refractivity contribution >= 4 is 28.5 Å². The van der Waals surface area contributed by atoms with E-state index in [1.165, 1.54) is 6.07 Å². The van der Waals surface area contributed by atoms with Crippen LogP contribution in [-0.4, -0.2) is 55.3 Å². The maximum Gasteiger partial charge on any atom is 0.291 e. The fourth-order valence-corrected chi connectivity index (χ4v) is 3.09. The van der Waals surface area contributed by atoms with Crippen LogP contribution in [0.2, 0.25) is 0 Å². The lowest BCUT2D eigenvalue weighted by atomic mass is 10.2. The Morgan fingerprint density at radius 2 is 1.87 bits per heavy atom. The molecular weight excluding hydrogens is 410 g/mol. The molecule has 0 saturated heterocycles. The second-order valence-electron chi connectivity index (χ2n) is 7.33. The van der Waals surface area contributed by atoms with Crippen molar-refractivity contribution in [1.29, 1.82) is 0 Å². The summed E-state index contributed by atoms with van der Waals surface area (Å²) < 4.78 is 38.5. The highest BCUT2D eigenvalue weighted by atomic mass is 19.1. The van der Waals surface area contributed by atoms with E-state index in [9.17, 15) is 18.4 Å². The van der Waals surface area contributed by atoms with Crippen LogP contribution in [0.4, 0.5) is 14.5 Å². The van der Waals surface area contributed by atoms with Crippen molar-refractivity contribution in [1.82, 2.24) is 9.80 Å². The van der Waals surface area contributed by atoms with Gasteiger partial charge in [0.05, 0.1) is 11.9 Å². The number of nitrogens with zero attached hydrogens (tertiary/aromatic N) is 2. The Morgan fingerprint density at radius 1 is 1.13 bits per heavy atom. The number of anilines is 1. The molecule has 0 fully saturated rings. The normalized spacial score (nSPS) is 11.6. The Labute approximate surface area is 177 Å². The zero-order chi connectivity index (χ0) is 22.7. The summed E-state index contributed by atoms with van der Waals surface area (Å²) >= 11 is 0. The number of primary amides is 1. The first-order chi connectivity index (χ1) is 14.7. The summed E-state index contributed by atoms with van der Waals surface area (Å²) in [5, 5.41) is 2.31. The van der Waals surface area contributed by atoms with E-state index in [1.807, 2.05) is 21.0 Å². The first-order valence-electron chi connectivity index (χ1n) is 9.68. The second-order valence-corrected chi connectivity index (χ2v) is 7.33. The van der Waals surface area contributed by atoms with Gasteiger partial charge in [0.1, 0.15) is 17.3 Å². The highest BCUT2D eigenvalue weighted by Crippen LogP contribution is 2.33. The average Bonchev–Trinajstić information content (AvgIpc) is 3.30. The minimum atomic E-state index is -1.04. The molecule has 3 N–H and O–H groups in total. The van der Waals surface area contributed by atoms with Gasteiger partial charge in [-0.15, -0.1) is 0 Å². The first kappa shape index (κ1) is 22.4. The molecule has 3 rings (SSSR count). The molecule has 2 heterocycles. The largest absolute Gasteiger partial charge is 0.455 e. The predicted octanol–water partition coefficient (Wildman–Crippen LogP) is 3.04. The number of halogens is 2. The molecule has 0 unspecified atom stereocenters. The molecular formula is C21H24F2N4O4. The molecule has 0 aliphatic rings. The Hall–Kier alpha value is -3.24. The van der Waals surface area contributed by atoms with Crippen LogP contribution in [0.15, 0.2) is 33.1 Å². The molecule has 31 heavy (non-hydrogen) atoms. The molecule has 0 saturated carbocycles. The predicted molar refractivity (Wildman–Crippen MR) is 111 cm³/mol. The number of carbonyl (C=O) groups is 2. The minimum Gasteiger partial charge on any atom is -0.455 e.